The van der Waals surface area contributed by atoms with E-state index < -0.39 is 0 Å². The summed E-state index contributed by atoms with van der Waals surface area (Å²) in [5.41, 5.74) is 0. The molecule has 0 atom stereocenters. The Morgan fingerprint density at radius 2 is 2.14 bits per heavy atom. The standard InChI is InChI=1S/C10H11ClN10/c1-20-6-14-7(19-20)2-3-13-9-16-8(11)17-10(18-9)21-5-12-4-15-21/h4-6H,2-3H2,1H3,(H,13,16,17,18). The molecule has 3 rings (SSSR count). The minimum atomic E-state index is 0.0777. The van der Waals surface area contributed by atoms with Gasteiger partial charge in [-0.05, 0) is 11.6 Å². The Bertz CT molecular complexity index is 721. The second-order valence-corrected chi connectivity index (χ2v) is 4.42. The van der Waals surface area contributed by atoms with Crippen molar-refractivity contribution in [3.05, 3.63) is 30.1 Å². The smallest absolute Gasteiger partial charge is 0.258 e. The molecule has 11 heteroatoms. The van der Waals surface area contributed by atoms with E-state index in [1.807, 2.05) is 7.05 Å². The molecule has 0 amide bonds. The van der Waals surface area contributed by atoms with Gasteiger partial charge in [-0.15, -0.1) is 0 Å². The van der Waals surface area contributed by atoms with Gasteiger partial charge in [0, 0.05) is 20.0 Å². The van der Waals surface area contributed by atoms with Crippen LogP contribution in [0.2, 0.25) is 5.28 Å². The SMILES string of the molecule is Cn1cnc(CCNc2nc(Cl)nc(-n3cncn3)n2)n1. The maximum absolute atomic E-state index is 5.87. The third kappa shape index (κ3) is 3.28. The third-order valence-corrected chi connectivity index (χ3v) is 2.67. The van der Waals surface area contributed by atoms with Gasteiger partial charge in [0.15, 0.2) is 5.82 Å². The second kappa shape index (κ2) is 5.79. The average Bonchev–Trinajstić information content (AvgIpc) is 3.10. The Hall–Kier alpha value is -2.62. The van der Waals surface area contributed by atoms with Crippen LogP contribution in [0.15, 0.2) is 19.0 Å². The maximum Gasteiger partial charge on any atom is 0.258 e. The van der Waals surface area contributed by atoms with Gasteiger partial charge in [-0.2, -0.15) is 29.8 Å². The van der Waals surface area contributed by atoms with E-state index >= 15 is 0 Å². The molecular formula is C10H11ClN10. The zero-order chi connectivity index (χ0) is 14.7. The monoisotopic (exact) mass is 306 g/mol. The highest BCUT2D eigenvalue weighted by atomic mass is 35.5. The van der Waals surface area contributed by atoms with E-state index in [2.05, 4.69) is 40.4 Å². The number of hydrogen-bond acceptors (Lipinski definition) is 8. The van der Waals surface area contributed by atoms with Crippen molar-refractivity contribution in [1.29, 1.82) is 0 Å². The first-order valence-electron chi connectivity index (χ1n) is 6.05. The van der Waals surface area contributed by atoms with E-state index in [1.165, 1.54) is 17.3 Å². The van der Waals surface area contributed by atoms with E-state index in [9.17, 15) is 0 Å². The number of halogens is 1. The lowest BCUT2D eigenvalue weighted by molar-refractivity contribution is 0.740. The summed E-state index contributed by atoms with van der Waals surface area (Å²) >= 11 is 5.87. The van der Waals surface area contributed by atoms with Gasteiger partial charge >= 0.3 is 0 Å². The number of hydrogen-bond donors (Lipinski definition) is 1. The highest BCUT2D eigenvalue weighted by Gasteiger charge is 2.07. The first kappa shape index (κ1) is 13.4. The van der Waals surface area contributed by atoms with Gasteiger partial charge in [0.25, 0.3) is 5.95 Å². The molecule has 0 aliphatic rings. The molecule has 0 radical (unpaired) electrons. The maximum atomic E-state index is 5.87. The van der Waals surface area contributed by atoms with E-state index in [4.69, 9.17) is 11.6 Å². The van der Waals surface area contributed by atoms with E-state index in [-0.39, 0.29) is 5.28 Å². The molecule has 0 aromatic carbocycles. The number of nitrogens with one attached hydrogen (secondary N) is 1. The summed E-state index contributed by atoms with van der Waals surface area (Å²) in [5, 5.41) is 11.3. The van der Waals surface area contributed by atoms with Crippen molar-refractivity contribution in [3.63, 3.8) is 0 Å². The van der Waals surface area contributed by atoms with Crippen LogP contribution < -0.4 is 5.32 Å². The van der Waals surface area contributed by atoms with Crippen LogP contribution in [-0.4, -0.2) is 51.0 Å². The van der Waals surface area contributed by atoms with Crippen LogP contribution in [0.1, 0.15) is 5.82 Å². The lowest BCUT2D eigenvalue weighted by Gasteiger charge is -2.05. The van der Waals surface area contributed by atoms with Crippen LogP contribution in [0.3, 0.4) is 0 Å². The molecule has 0 unspecified atom stereocenters. The summed E-state index contributed by atoms with van der Waals surface area (Å²) < 4.78 is 3.05. The molecule has 3 aromatic rings. The van der Waals surface area contributed by atoms with Crippen LogP contribution in [0.5, 0.6) is 0 Å². The summed E-state index contributed by atoms with van der Waals surface area (Å²) in [5.74, 6) is 1.39. The lowest BCUT2D eigenvalue weighted by Crippen LogP contribution is -2.12. The summed E-state index contributed by atoms with van der Waals surface area (Å²) in [6, 6.07) is 0. The second-order valence-electron chi connectivity index (χ2n) is 4.08. The minimum absolute atomic E-state index is 0.0777. The lowest BCUT2D eigenvalue weighted by atomic mass is 10.4. The predicted molar refractivity (Wildman–Crippen MR) is 73.0 cm³/mol. The molecule has 0 bridgehead atoms. The highest BCUT2D eigenvalue weighted by Crippen LogP contribution is 2.08. The molecule has 3 heterocycles. The summed E-state index contributed by atoms with van der Waals surface area (Å²) in [6.07, 6.45) is 5.16. The number of nitrogens with zero attached hydrogens (tertiary/aromatic N) is 9. The van der Waals surface area contributed by atoms with Gasteiger partial charge in [-0.25, -0.2) is 9.97 Å². The van der Waals surface area contributed by atoms with Crippen molar-refractivity contribution in [2.45, 2.75) is 6.42 Å². The van der Waals surface area contributed by atoms with Crippen LogP contribution in [0.4, 0.5) is 5.95 Å². The van der Waals surface area contributed by atoms with Crippen LogP contribution in [0, 0.1) is 0 Å². The molecule has 10 nitrogen and oxygen atoms in total. The summed E-state index contributed by atoms with van der Waals surface area (Å²) in [4.78, 5) is 20.2. The molecule has 21 heavy (non-hydrogen) atoms. The van der Waals surface area contributed by atoms with E-state index in [0.717, 1.165) is 5.82 Å². The van der Waals surface area contributed by atoms with Crippen LogP contribution in [-0.2, 0) is 13.5 Å². The van der Waals surface area contributed by atoms with Crippen molar-refractivity contribution in [3.8, 4) is 5.95 Å². The van der Waals surface area contributed by atoms with Gasteiger partial charge in [0.1, 0.15) is 19.0 Å². The van der Waals surface area contributed by atoms with Crippen LogP contribution >= 0.6 is 11.6 Å². The van der Waals surface area contributed by atoms with Gasteiger partial charge in [0.05, 0.1) is 0 Å². The van der Waals surface area contributed by atoms with Crippen molar-refractivity contribution >= 4 is 17.5 Å². The van der Waals surface area contributed by atoms with Crippen molar-refractivity contribution in [2.24, 2.45) is 7.05 Å². The quantitative estimate of drug-likeness (QED) is 0.695. The predicted octanol–water partition coefficient (Wildman–Crippen LogP) is -0.111. The topological polar surface area (TPSA) is 112 Å². The van der Waals surface area contributed by atoms with Crippen molar-refractivity contribution in [1.82, 2.24) is 44.5 Å². The normalized spacial score (nSPS) is 10.8. The molecule has 108 valence electrons. The van der Waals surface area contributed by atoms with Gasteiger partial charge in [-0.1, -0.05) is 0 Å². The molecule has 0 saturated heterocycles. The molecule has 0 aliphatic carbocycles. The molecule has 0 saturated carbocycles. The highest BCUT2D eigenvalue weighted by molar-refractivity contribution is 6.28. The average molecular weight is 307 g/mol. The first-order valence-corrected chi connectivity index (χ1v) is 6.43. The summed E-state index contributed by atoms with van der Waals surface area (Å²) in [6.45, 7) is 0.571. The third-order valence-electron chi connectivity index (χ3n) is 2.50. The fraction of sp³-hybridized carbons (Fsp3) is 0.300. The van der Waals surface area contributed by atoms with Gasteiger partial charge in [-0.3, -0.25) is 4.68 Å². The minimum Gasteiger partial charge on any atom is -0.354 e. The number of aryl methyl sites for hydroxylation is 1. The van der Waals surface area contributed by atoms with E-state index in [0.29, 0.717) is 24.9 Å². The Balaban J connectivity index is 1.68. The Morgan fingerprint density at radius 1 is 1.24 bits per heavy atom. The molecule has 1 N–H and O–H groups in total. The fourth-order valence-electron chi connectivity index (χ4n) is 1.62. The van der Waals surface area contributed by atoms with Gasteiger partial charge in [0.2, 0.25) is 11.2 Å². The Labute approximate surface area is 124 Å². The molecule has 0 spiro atoms. The number of anilines is 1. The van der Waals surface area contributed by atoms with Crippen molar-refractivity contribution < 1.29 is 0 Å². The van der Waals surface area contributed by atoms with E-state index in [1.54, 1.807) is 11.0 Å². The number of rotatable bonds is 5. The Kier molecular flexibility index (Phi) is 3.69. The summed E-state index contributed by atoms with van der Waals surface area (Å²) in [7, 11) is 1.82. The zero-order valence-corrected chi connectivity index (χ0v) is 11.8. The largest absolute Gasteiger partial charge is 0.354 e. The molecule has 3 aromatic heterocycles. The molecule has 0 aliphatic heterocycles. The molecular weight excluding hydrogens is 296 g/mol. The van der Waals surface area contributed by atoms with Crippen molar-refractivity contribution in [2.75, 3.05) is 11.9 Å². The Morgan fingerprint density at radius 3 is 2.86 bits per heavy atom. The zero-order valence-electron chi connectivity index (χ0n) is 11.0. The fourth-order valence-corrected chi connectivity index (χ4v) is 1.77. The number of aromatic nitrogens is 9. The van der Waals surface area contributed by atoms with Crippen LogP contribution in [0.25, 0.3) is 5.95 Å². The first-order chi connectivity index (χ1) is 10.2. The molecule has 0 fully saturated rings. The van der Waals surface area contributed by atoms with Gasteiger partial charge < -0.3 is 5.32 Å².